The fourth-order valence-electron chi connectivity index (χ4n) is 8.37. The van der Waals surface area contributed by atoms with Gasteiger partial charge in [-0.05, 0) is 64.7 Å². The van der Waals surface area contributed by atoms with Gasteiger partial charge in [0.15, 0.2) is 5.84 Å². The third kappa shape index (κ3) is 5.29. The molecule has 268 valence electrons. The summed E-state index contributed by atoms with van der Waals surface area (Å²) in [7, 11) is 0. The normalized spacial score (nSPS) is 14.5. The van der Waals surface area contributed by atoms with Gasteiger partial charge in [-0.1, -0.05) is 133 Å². The van der Waals surface area contributed by atoms with Crippen LogP contribution in [0, 0.1) is 0 Å². The van der Waals surface area contributed by atoms with Crippen molar-refractivity contribution < 1.29 is 8.83 Å². The molecule has 57 heavy (non-hydrogen) atoms. The molecule has 12 rings (SSSR count). The Morgan fingerprint density at radius 2 is 0.982 bits per heavy atom. The Morgan fingerprint density at radius 3 is 1.75 bits per heavy atom. The van der Waals surface area contributed by atoms with Crippen molar-refractivity contribution in [3.05, 3.63) is 193 Å². The molecule has 5 nitrogen and oxygen atoms in total. The van der Waals surface area contributed by atoms with E-state index < -0.39 is 0 Å². The van der Waals surface area contributed by atoms with E-state index in [4.69, 9.17) is 18.8 Å². The zero-order valence-electron chi connectivity index (χ0n) is 30.4. The molecule has 3 aromatic heterocycles. The van der Waals surface area contributed by atoms with Crippen LogP contribution in [-0.2, 0) is 0 Å². The minimum atomic E-state index is -0.348. The van der Waals surface area contributed by atoms with Crippen LogP contribution in [0.1, 0.15) is 22.9 Å². The van der Waals surface area contributed by atoms with Crippen LogP contribution in [-0.4, -0.2) is 11.7 Å². The molecule has 1 atom stereocenters. The van der Waals surface area contributed by atoms with Crippen LogP contribution in [0.2, 0.25) is 0 Å². The van der Waals surface area contributed by atoms with Crippen molar-refractivity contribution in [1.29, 1.82) is 0 Å². The van der Waals surface area contributed by atoms with E-state index in [9.17, 15) is 0 Å². The highest BCUT2D eigenvalue weighted by atomic mass is 32.1. The van der Waals surface area contributed by atoms with Crippen LogP contribution < -0.4 is 5.32 Å². The molecular formula is C51H31N3O2S. The summed E-state index contributed by atoms with van der Waals surface area (Å²) in [6, 6.07) is 61.7. The molecule has 1 N–H and O–H groups in total. The number of nitrogens with zero attached hydrogens (tertiary/aromatic N) is 2. The Hall–Kier alpha value is -7.28. The van der Waals surface area contributed by atoms with E-state index in [0.717, 1.165) is 66.4 Å². The first kappa shape index (κ1) is 32.0. The molecule has 0 spiro atoms. The van der Waals surface area contributed by atoms with Gasteiger partial charge in [0.1, 0.15) is 34.3 Å². The van der Waals surface area contributed by atoms with Crippen LogP contribution in [0.4, 0.5) is 0 Å². The predicted molar refractivity (Wildman–Crippen MR) is 237 cm³/mol. The van der Waals surface area contributed by atoms with Crippen LogP contribution >= 0.6 is 11.3 Å². The molecule has 0 fully saturated rings. The van der Waals surface area contributed by atoms with Crippen LogP contribution in [0.5, 0.6) is 0 Å². The number of thiophene rings is 1. The van der Waals surface area contributed by atoms with Gasteiger partial charge < -0.3 is 14.2 Å². The summed E-state index contributed by atoms with van der Waals surface area (Å²) in [5.41, 5.74) is 11.3. The number of hydrogen-bond donors (Lipinski definition) is 1. The summed E-state index contributed by atoms with van der Waals surface area (Å²) in [6.07, 6.45) is -0.348. The summed E-state index contributed by atoms with van der Waals surface area (Å²) < 4.78 is 14.8. The second-order valence-corrected chi connectivity index (χ2v) is 15.6. The van der Waals surface area contributed by atoms with E-state index >= 15 is 0 Å². The van der Waals surface area contributed by atoms with Crippen molar-refractivity contribution in [2.45, 2.75) is 6.17 Å². The lowest BCUT2D eigenvalue weighted by molar-refractivity contribution is 0.655. The number of furan rings is 2. The summed E-state index contributed by atoms with van der Waals surface area (Å²) in [4.78, 5) is 10.3. The third-order valence-corrected chi connectivity index (χ3v) is 12.3. The first-order chi connectivity index (χ1) is 28.2. The van der Waals surface area contributed by atoms with Crippen LogP contribution in [0.3, 0.4) is 0 Å². The SMILES string of the molecule is c1ccc(C2=NC(c3ccc4c(c3)sc3cc(-c5ccccc5-c5ccc6oc7ccccc7c6c5)ccc34)=NC(c3ccc4c(c3)oc3ccccc34)N2)cc1. The maximum absolute atomic E-state index is 6.27. The van der Waals surface area contributed by atoms with Crippen molar-refractivity contribution in [2.24, 2.45) is 9.98 Å². The average Bonchev–Trinajstić information content (AvgIpc) is 3.96. The topological polar surface area (TPSA) is 63.0 Å². The maximum atomic E-state index is 6.27. The van der Waals surface area contributed by atoms with E-state index in [0.29, 0.717) is 5.84 Å². The molecule has 6 heteroatoms. The van der Waals surface area contributed by atoms with Gasteiger partial charge in [0.05, 0.1) is 0 Å². The monoisotopic (exact) mass is 749 g/mol. The number of hydrogen-bond acceptors (Lipinski definition) is 6. The number of benzene rings is 8. The van der Waals surface area contributed by atoms with E-state index in [1.807, 2.05) is 59.9 Å². The van der Waals surface area contributed by atoms with Gasteiger partial charge in [-0.2, -0.15) is 0 Å². The molecule has 11 aromatic rings. The number of fused-ring (bicyclic) bond motifs is 9. The summed E-state index contributed by atoms with van der Waals surface area (Å²) in [5.74, 6) is 1.48. The van der Waals surface area contributed by atoms with E-state index in [-0.39, 0.29) is 6.17 Å². The number of aliphatic imine (C=N–C) groups is 2. The molecule has 0 amide bonds. The van der Waals surface area contributed by atoms with Crippen molar-refractivity contribution in [2.75, 3.05) is 0 Å². The van der Waals surface area contributed by atoms with Gasteiger partial charge in [-0.3, -0.25) is 0 Å². The molecule has 0 aliphatic carbocycles. The highest BCUT2D eigenvalue weighted by molar-refractivity contribution is 7.25. The Balaban J connectivity index is 0.934. The van der Waals surface area contributed by atoms with Gasteiger partial charge in [-0.15, -0.1) is 11.3 Å². The summed E-state index contributed by atoms with van der Waals surface area (Å²) in [5, 5.41) is 10.6. The highest BCUT2D eigenvalue weighted by Gasteiger charge is 2.23. The molecule has 0 bridgehead atoms. The van der Waals surface area contributed by atoms with Crippen molar-refractivity contribution in [1.82, 2.24) is 5.32 Å². The van der Waals surface area contributed by atoms with Crippen molar-refractivity contribution >= 4 is 87.1 Å². The second-order valence-electron chi connectivity index (χ2n) is 14.6. The molecular weight excluding hydrogens is 719 g/mol. The minimum absolute atomic E-state index is 0.348. The minimum Gasteiger partial charge on any atom is -0.456 e. The lowest BCUT2D eigenvalue weighted by atomic mass is 9.93. The molecule has 0 radical (unpaired) electrons. The molecule has 1 aliphatic heterocycles. The predicted octanol–water partition coefficient (Wildman–Crippen LogP) is 13.7. The lowest BCUT2D eigenvalue weighted by Crippen LogP contribution is -2.33. The van der Waals surface area contributed by atoms with Gasteiger partial charge in [0.2, 0.25) is 0 Å². The average molecular weight is 750 g/mol. The lowest BCUT2D eigenvalue weighted by Gasteiger charge is -2.23. The van der Waals surface area contributed by atoms with E-state index in [1.54, 1.807) is 0 Å². The number of nitrogens with one attached hydrogen (secondary N) is 1. The molecule has 0 saturated carbocycles. The number of para-hydroxylation sites is 2. The molecule has 4 heterocycles. The Labute approximate surface area is 330 Å². The highest BCUT2D eigenvalue weighted by Crippen LogP contribution is 2.41. The van der Waals surface area contributed by atoms with Gasteiger partial charge in [-0.25, -0.2) is 9.98 Å². The fourth-order valence-corrected chi connectivity index (χ4v) is 9.55. The quantitative estimate of drug-likeness (QED) is 0.191. The Kier molecular flexibility index (Phi) is 7.09. The zero-order valence-corrected chi connectivity index (χ0v) is 31.3. The molecule has 1 unspecified atom stereocenters. The summed E-state index contributed by atoms with van der Waals surface area (Å²) in [6.45, 7) is 0. The standard InChI is InChI=1S/C51H31N3O2S/c1-2-10-30(11-3-1)49-52-50(33-19-22-39-37-14-6-8-16-43(37)56-46(39)27-33)54-51(53-49)34-20-24-41-40-23-18-32(28-47(40)57-48(41)29-34)36-13-5-4-12-35(36)31-21-25-45-42(26-31)38-15-7-9-17-44(38)55-45/h1-29,50H,(H,52,53,54). The maximum Gasteiger partial charge on any atom is 0.159 e. The van der Waals surface area contributed by atoms with Gasteiger partial charge in [0, 0.05) is 58.4 Å². The zero-order chi connectivity index (χ0) is 37.5. The van der Waals surface area contributed by atoms with E-state index in [1.165, 1.54) is 42.4 Å². The van der Waals surface area contributed by atoms with Gasteiger partial charge >= 0.3 is 0 Å². The van der Waals surface area contributed by atoms with Crippen molar-refractivity contribution in [3.8, 4) is 22.3 Å². The first-order valence-electron chi connectivity index (χ1n) is 19.1. The fraction of sp³-hybridized carbons (Fsp3) is 0.0196. The number of amidine groups is 2. The largest absolute Gasteiger partial charge is 0.456 e. The van der Waals surface area contributed by atoms with Crippen molar-refractivity contribution in [3.63, 3.8) is 0 Å². The van der Waals surface area contributed by atoms with Crippen LogP contribution in [0.15, 0.2) is 195 Å². The van der Waals surface area contributed by atoms with Gasteiger partial charge in [0.25, 0.3) is 0 Å². The first-order valence-corrected chi connectivity index (χ1v) is 19.9. The van der Waals surface area contributed by atoms with E-state index in [2.05, 4.69) is 133 Å². The summed E-state index contributed by atoms with van der Waals surface area (Å²) >= 11 is 1.81. The third-order valence-electron chi connectivity index (χ3n) is 11.2. The Morgan fingerprint density at radius 1 is 0.421 bits per heavy atom. The second kappa shape index (κ2) is 12.6. The molecule has 8 aromatic carbocycles. The molecule has 1 aliphatic rings. The Bertz CT molecular complexity index is 3460. The van der Waals surface area contributed by atoms with Crippen LogP contribution in [0.25, 0.3) is 86.3 Å². The number of rotatable bonds is 5. The smallest absolute Gasteiger partial charge is 0.159 e. The molecule has 0 saturated heterocycles.